The van der Waals surface area contributed by atoms with Crippen LogP contribution in [0.25, 0.3) is 11.1 Å². The van der Waals surface area contributed by atoms with Gasteiger partial charge in [-0.3, -0.25) is 4.79 Å². The quantitative estimate of drug-likeness (QED) is 0.119. The summed E-state index contributed by atoms with van der Waals surface area (Å²) in [4.78, 5) is 36.4. The minimum Gasteiger partial charge on any atom is -0.480 e. The third kappa shape index (κ3) is 12.0. The zero-order valence-corrected chi connectivity index (χ0v) is 26.1. The van der Waals surface area contributed by atoms with Crippen LogP contribution in [0.2, 0.25) is 0 Å². The van der Waals surface area contributed by atoms with Gasteiger partial charge in [-0.05, 0) is 41.5 Å². The van der Waals surface area contributed by atoms with E-state index in [0.29, 0.717) is 19.4 Å². The third-order valence-electron chi connectivity index (χ3n) is 8.43. The van der Waals surface area contributed by atoms with Crippen molar-refractivity contribution < 1.29 is 24.2 Å². The molecular formula is C36H52N2O5. The van der Waals surface area contributed by atoms with Crippen molar-refractivity contribution in [2.75, 3.05) is 13.2 Å². The molecule has 1 atom stereocenters. The highest BCUT2D eigenvalue weighted by Gasteiger charge is 2.29. The Morgan fingerprint density at radius 1 is 0.744 bits per heavy atom. The van der Waals surface area contributed by atoms with E-state index in [1.807, 2.05) is 36.4 Å². The standard InChI is InChI=1S/C36H52N2O5/c1-2-3-4-5-6-7-8-9-10-11-12-13-14-25-34(39)37-26-19-24-33(35(40)41)38-36(42)43-27-32-30-22-17-15-20-28(30)29-21-16-18-23-31(29)32/h15-18,20-23,32-33H,2-14,19,24-27H2,1H3,(H,37,39)(H,38,42)(H,40,41)/t33-/m0/s1. The van der Waals surface area contributed by atoms with Gasteiger partial charge in [0.1, 0.15) is 12.6 Å². The zero-order chi connectivity index (χ0) is 30.7. The number of ether oxygens (including phenoxy) is 1. The molecule has 7 nitrogen and oxygen atoms in total. The van der Waals surface area contributed by atoms with E-state index in [9.17, 15) is 19.5 Å². The SMILES string of the molecule is CCCCCCCCCCCCCCCC(=O)NCCC[C@H](NC(=O)OCC1c2ccccc2-c2ccccc21)C(=O)O. The van der Waals surface area contributed by atoms with Crippen LogP contribution in [0.15, 0.2) is 48.5 Å². The van der Waals surface area contributed by atoms with Crippen molar-refractivity contribution in [3.63, 3.8) is 0 Å². The summed E-state index contributed by atoms with van der Waals surface area (Å²) >= 11 is 0. The number of benzene rings is 2. The van der Waals surface area contributed by atoms with Crippen molar-refractivity contribution in [3.8, 4) is 11.1 Å². The van der Waals surface area contributed by atoms with Crippen LogP contribution in [0.4, 0.5) is 4.79 Å². The van der Waals surface area contributed by atoms with Gasteiger partial charge >= 0.3 is 12.1 Å². The van der Waals surface area contributed by atoms with Crippen LogP contribution in [0.3, 0.4) is 0 Å². The van der Waals surface area contributed by atoms with Crippen LogP contribution in [-0.4, -0.2) is 42.3 Å². The molecule has 7 heteroatoms. The average Bonchev–Trinajstić information content (AvgIpc) is 3.33. The number of rotatable bonds is 22. The molecule has 0 unspecified atom stereocenters. The van der Waals surface area contributed by atoms with E-state index in [1.54, 1.807) is 0 Å². The van der Waals surface area contributed by atoms with Crippen LogP contribution >= 0.6 is 0 Å². The molecule has 0 fully saturated rings. The second kappa shape index (κ2) is 19.8. The fourth-order valence-electron chi connectivity index (χ4n) is 5.97. The summed E-state index contributed by atoms with van der Waals surface area (Å²) in [7, 11) is 0. The number of nitrogens with one attached hydrogen (secondary N) is 2. The summed E-state index contributed by atoms with van der Waals surface area (Å²) < 4.78 is 5.49. The lowest BCUT2D eigenvalue weighted by molar-refractivity contribution is -0.139. The predicted octanol–water partition coefficient (Wildman–Crippen LogP) is 8.36. The Bertz CT molecular complexity index is 1090. The molecular weight excluding hydrogens is 540 g/mol. The minimum absolute atomic E-state index is 0.000516. The van der Waals surface area contributed by atoms with Crippen LogP contribution in [0, 0.1) is 0 Å². The fraction of sp³-hybridized carbons (Fsp3) is 0.583. The maximum Gasteiger partial charge on any atom is 0.407 e. The Morgan fingerprint density at radius 3 is 1.79 bits per heavy atom. The summed E-state index contributed by atoms with van der Waals surface area (Å²) in [5, 5.41) is 15.0. The maximum atomic E-state index is 12.5. The Hall–Kier alpha value is -3.35. The summed E-state index contributed by atoms with van der Waals surface area (Å²) in [5.41, 5.74) is 4.46. The minimum atomic E-state index is -1.12. The van der Waals surface area contributed by atoms with Crippen molar-refractivity contribution in [2.24, 2.45) is 0 Å². The molecule has 1 aliphatic rings. The number of fused-ring (bicyclic) bond motifs is 3. The summed E-state index contributed by atoms with van der Waals surface area (Å²) in [6.07, 6.45) is 16.9. The maximum absolute atomic E-state index is 12.5. The summed E-state index contributed by atoms with van der Waals surface area (Å²) in [6.45, 7) is 2.76. The van der Waals surface area contributed by atoms with Gasteiger partial charge in [0.15, 0.2) is 0 Å². The molecule has 0 aliphatic heterocycles. The van der Waals surface area contributed by atoms with Gasteiger partial charge in [-0.25, -0.2) is 9.59 Å². The zero-order valence-electron chi connectivity index (χ0n) is 26.1. The smallest absolute Gasteiger partial charge is 0.407 e. The van der Waals surface area contributed by atoms with Gasteiger partial charge in [0, 0.05) is 18.9 Å². The Kier molecular flexibility index (Phi) is 15.7. The molecule has 0 aromatic heterocycles. The highest BCUT2D eigenvalue weighted by atomic mass is 16.5. The number of unbranched alkanes of at least 4 members (excludes halogenated alkanes) is 12. The van der Waals surface area contributed by atoms with Crippen LogP contribution in [0.5, 0.6) is 0 Å². The van der Waals surface area contributed by atoms with E-state index in [0.717, 1.165) is 35.1 Å². The van der Waals surface area contributed by atoms with Gasteiger partial charge in [0.25, 0.3) is 0 Å². The van der Waals surface area contributed by atoms with E-state index in [2.05, 4.69) is 29.7 Å². The number of carbonyl (C=O) groups is 3. The first-order valence-electron chi connectivity index (χ1n) is 16.6. The Labute approximate surface area is 258 Å². The topological polar surface area (TPSA) is 105 Å². The molecule has 0 radical (unpaired) electrons. The first-order valence-corrected chi connectivity index (χ1v) is 16.6. The molecule has 1 aliphatic carbocycles. The summed E-state index contributed by atoms with van der Waals surface area (Å²) in [5.74, 6) is -1.21. The lowest BCUT2D eigenvalue weighted by atomic mass is 9.98. The molecule has 0 bridgehead atoms. The predicted molar refractivity (Wildman–Crippen MR) is 172 cm³/mol. The molecule has 2 amide bonds. The van der Waals surface area contributed by atoms with E-state index < -0.39 is 18.1 Å². The van der Waals surface area contributed by atoms with Crippen molar-refractivity contribution in [1.29, 1.82) is 0 Å². The van der Waals surface area contributed by atoms with Gasteiger partial charge in [-0.15, -0.1) is 0 Å². The fourth-order valence-corrected chi connectivity index (χ4v) is 5.97. The molecule has 2 aromatic rings. The van der Waals surface area contributed by atoms with Gasteiger partial charge in [0.05, 0.1) is 0 Å². The number of carboxylic acid groups (broad SMARTS) is 1. The molecule has 0 spiro atoms. The van der Waals surface area contributed by atoms with Gasteiger partial charge in [-0.2, -0.15) is 0 Å². The molecule has 0 saturated heterocycles. The number of carboxylic acids is 1. The molecule has 0 heterocycles. The molecule has 3 rings (SSSR count). The number of hydrogen-bond acceptors (Lipinski definition) is 4. The Balaban J connectivity index is 1.23. The molecule has 3 N–H and O–H groups in total. The van der Waals surface area contributed by atoms with E-state index >= 15 is 0 Å². The van der Waals surface area contributed by atoms with Crippen molar-refractivity contribution >= 4 is 18.0 Å². The first-order chi connectivity index (χ1) is 21.0. The third-order valence-corrected chi connectivity index (χ3v) is 8.43. The van der Waals surface area contributed by atoms with Crippen LogP contribution < -0.4 is 10.6 Å². The second-order valence-electron chi connectivity index (χ2n) is 11.8. The lowest BCUT2D eigenvalue weighted by Crippen LogP contribution is -2.42. The van der Waals surface area contributed by atoms with Gasteiger partial charge in [0.2, 0.25) is 5.91 Å². The van der Waals surface area contributed by atoms with Crippen LogP contribution in [0.1, 0.15) is 127 Å². The van der Waals surface area contributed by atoms with Crippen molar-refractivity contribution in [3.05, 3.63) is 59.7 Å². The molecule has 0 saturated carbocycles. The highest BCUT2D eigenvalue weighted by Crippen LogP contribution is 2.44. The summed E-state index contributed by atoms with van der Waals surface area (Å²) in [6, 6.07) is 15.0. The monoisotopic (exact) mass is 592 g/mol. The van der Waals surface area contributed by atoms with Gasteiger partial charge in [-0.1, -0.05) is 133 Å². The van der Waals surface area contributed by atoms with Crippen molar-refractivity contribution in [2.45, 2.75) is 122 Å². The molecule has 2 aromatic carbocycles. The number of aliphatic carboxylic acids is 1. The highest BCUT2D eigenvalue weighted by molar-refractivity contribution is 5.81. The lowest BCUT2D eigenvalue weighted by Gasteiger charge is -2.17. The van der Waals surface area contributed by atoms with E-state index in [1.165, 1.54) is 70.6 Å². The largest absolute Gasteiger partial charge is 0.480 e. The van der Waals surface area contributed by atoms with Gasteiger partial charge < -0.3 is 20.5 Å². The van der Waals surface area contributed by atoms with E-state index in [-0.39, 0.29) is 24.9 Å². The van der Waals surface area contributed by atoms with Crippen molar-refractivity contribution in [1.82, 2.24) is 10.6 Å². The number of amides is 2. The molecule has 236 valence electrons. The Morgan fingerprint density at radius 2 is 1.26 bits per heavy atom. The first kappa shape index (κ1) is 34.1. The van der Waals surface area contributed by atoms with Crippen LogP contribution in [-0.2, 0) is 14.3 Å². The second-order valence-corrected chi connectivity index (χ2v) is 11.8. The normalized spacial score (nSPS) is 12.8. The van der Waals surface area contributed by atoms with E-state index in [4.69, 9.17) is 4.74 Å². The number of alkyl carbamates (subject to hydrolysis) is 1. The average molecular weight is 593 g/mol. The molecule has 43 heavy (non-hydrogen) atoms. The number of carbonyl (C=O) groups excluding carboxylic acids is 2. The number of hydrogen-bond donors (Lipinski definition) is 3.